The van der Waals surface area contributed by atoms with Gasteiger partial charge >= 0.3 is 0 Å². The molecule has 8 heteroatoms. The molecule has 2 heterocycles. The van der Waals surface area contributed by atoms with Crippen LogP contribution in [0, 0.1) is 5.92 Å². The van der Waals surface area contributed by atoms with Crippen LogP contribution in [0.3, 0.4) is 0 Å². The number of benzene rings is 1. The van der Waals surface area contributed by atoms with Crippen LogP contribution in [0.2, 0.25) is 0 Å². The first-order valence-electron chi connectivity index (χ1n) is 8.47. The highest BCUT2D eigenvalue weighted by Gasteiger charge is 2.29. The molecular formula is C17H23N3O3S2. The van der Waals surface area contributed by atoms with Crippen molar-refractivity contribution in [2.24, 2.45) is 5.92 Å². The highest BCUT2D eigenvalue weighted by molar-refractivity contribution is 7.89. The van der Waals surface area contributed by atoms with Crippen LogP contribution in [0.15, 0.2) is 23.7 Å². The fraction of sp³-hybridized carbons (Fsp3) is 0.529. The van der Waals surface area contributed by atoms with Crippen LogP contribution < -0.4 is 5.32 Å². The Morgan fingerprint density at radius 3 is 2.76 bits per heavy atom. The van der Waals surface area contributed by atoms with E-state index in [1.165, 1.54) is 11.3 Å². The third kappa shape index (κ3) is 4.37. The van der Waals surface area contributed by atoms with Crippen molar-refractivity contribution in [3.63, 3.8) is 0 Å². The Morgan fingerprint density at radius 2 is 2.08 bits per heavy atom. The largest absolute Gasteiger partial charge is 0.349 e. The minimum atomic E-state index is -3.19. The molecule has 1 aliphatic heterocycles. The van der Waals surface area contributed by atoms with Gasteiger partial charge in [0.2, 0.25) is 10.0 Å². The van der Waals surface area contributed by atoms with Crippen LogP contribution in [0.1, 0.15) is 37.0 Å². The van der Waals surface area contributed by atoms with E-state index in [-0.39, 0.29) is 23.6 Å². The minimum Gasteiger partial charge on any atom is -0.349 e. The molecule has 0 spiro atoms. The zero-order valence-electron chi connectivity index (χ0n) is 14.4. The molecule has 0 aliphatic carbocycles. The van der Waals surface area contributed by atoms with Gasteiger partial charge in [0.15, 0.2) is 0 Å². The summed E-state index contributed by atoms with van der Waals surface area (Å²) >= 11 is 1.51. The number of thiazole rings is 1. The number of carbonyl (C=O) groups is 1. The fourth-order valence-electron chi connectivity index (χ4n) is 3.07. The van der Waals surface area contributed by atoms with Gasteiger partial charge in [-0.2, -0.15) is 0 Å². The standard InChI is InChI=1S/C17H23N3O3S2/c1-12(2)10-25(22,23)20-7-5-14(6-8-20)19-17(21)13-3-4-15-16(9-13)24-11-18-15/h3-4,9,11-12,14H,5-8,10H2,1-2H3,(H,19,21). The van der Waals surface area contributed by atoms with Crippen LogP contribution in [0.25, 0.3) is 10.2 Å². The maximum atomic E-state index is 12.4. The molecule has 1 aromatic carbocycles. The van der Waals surface area contributed by atoms with Gasteiger partial charge in [0.25, 0.3) is 5.91 Å². The van der Waals surface area contributed by atoms with E-state index in [1.807, 2.05) is 26.0 Å². The smallest absolute Gasteiger partial charge is 0.251 e. The summed E-state index contributed by atoms with van der Waals surface area (Å²) in [5, 5.41) is 3.03. The lowest BCUT2D eigenvalue weighted by molar-refractivity contribution is 0.0924. The Hall–Kier alpha value is -1.51. The van der Waals surface area contributed by atoms with Gasteiger partial charge in [-0.1, -0.05) is 13.8 Å². The summed E-state index contributed by atoms with van der Waals surface area (Å²) in [4.78, 5) is 16.7. The van der Waals surface area contributed by atoms with Crippen LogP contribution in [-0.4, -0.2) is 48.5 Å². The van der Waals surface area contributed by atoms with Gasteiger partial charge in [-0.25, -0.2) is 17.7 Å². The number of sulfonamides is 1. The van der Waals surface area contributed by atoms with Gasteiger partial charge in [0, 0.05) is 24.7 Å². The van der Waals surface area contributed by atoms with Crippen molar-refractivity contribution in [3.8, 4) is 0 Å². The van der Waals surface area contributed by atoms with Crippen molar-refractivity contribution in [1.29, 1.82) is 0 Å². The van der Waals surface area contributed by atoms with Crippen LogP contribution >= 0.6 is 11.3 Å². The Morgan fingerprint density at radius 1 is 1.36 bits per heavy atom. The molecular weight excluding hydrogens is 358 g/mol. The van der Waals surface area contributed by atoms with Crippen molar-refractivity contribution in [1.82, 2.24) is 14.6 Å². The first-order valence-corrected chi connectivity index (χ1v) is 11.0. The lowest BCUT2D eigenvalue weighted by Gasteiger charge is -2.32. The van der Waals surface area contributed by atoms with Gasteiger partial charge in [-0.15, -0.1) is 11.3 Å². The van der Waals surface area contributed by atoms with E-state index in [0.29, 0.717) is 31.5 Å². The lowest BCUT2D eigenvalue weighted by Crippen LogP contribution is -2.47. The zero-order chi connectivity index (χ0) is 18.0. The highest BCUT2D eigenvalue weighted by atomic mass is 32.2. The zero-order valence-corrected chi connectivity index (χ0v) is 16.1. The molecule has 0 bridgehead atoms. The van der Waals surface area contributed by atoms with E-state index in [2.05, 4.69) is 10.3 Å². The number of hydrogen-bond donors (Lipinski definition) is 1. The summed E-state index contributed by atoms with van der Waals surface area (Å²) in [6.07, 6.45) is 1.29. The van der Waals surface area contributed by atoms with Gasteiger partial charge in [0.1, 0.15) is 0 Å². The number of rotatable bonds is 5. The van der Waals surface area contributed by atoms with Gasteiger partial charge in [-0.3, -0.25) is 4.79 Å². The van der Waals surface area contributed by atoms with E-state index in [1.54, 1.807) is 15.9 Å². The van der Waals surface area contributed by atoms with Gasteiger partial charge in [-0.05, 0) is 37.0 Å². The Kier molecular flexibility index (Phi) is 5.41. The number of nitrogens with one attached hydrogen (secondary N) is 1. The number of hydrogen-bond acceptors (Lipinski definition) is 5. The molecule has 1 saturated heterocycles. The molecule has 25 heavy (non-hydrogen) atoms. The molecule has 0 radical (unpaired) electrons. The summed E-state index contributed by atoms with van der Waals surface area (Å²) in [6.45, 7) is 4.75. The second kappa shape index (κ2) is 7.39. The maximum Gasteiger partial charge on any atom is 0.251 e. The predicted molar refractivity (Wildman–Crippen MR) is 100 cm³/mol. The predicted octanol–water partition coefficient (Wildman–Crippen LogP) is 2.48. The number of aromatic nitrogens is 1. The second-order valence-corrected chi connectivity index (χ2v) is 9.75. The molecule has 1 aliphatic rings. The average Bonchev–Trinajstić information content (AvgIpc) is 3.01. The molecule has 0 atom stereocenters. The van der Waals surface area contributed by atoms with Gasteiger partial charge < -0.3 is 5.32 Å². The fourth-order valence-corrected chi connectivity index (χ4v) is 5.61. The number of piperidine rings is 1. The van der Waals surface area contributed by atoms with Crippen molar-refractivity contribution < 1.29 is 13.2 Å². The summed E-state index contributed by atoms with van der Waals surface area (Å²) in [7, 11) is -3.19. The highest BCUT2D eigenvalue weighted by Crippen LogP contribution is 2.20. The third-order valence-electron chi connectivity index (χ3n) is 4.32. The normalized spacial score (nSPS) is 17.2. The van der Waals surface area contributed by atoms with E-state index < -0.39 is 10.0 Å². The van der Waals surface area contributed by atoms with E-state index in [9.17, 15) is 13.2 Å². The molecule has 1 N–H and O–H groups in total. The second-order valence-electron chi connectivity index (χ2n) is 6.85. The van der Waals surface area contributed by atoms with Crippen LogP contribution in [-0.2, 0) is 10.0 Å². The Bertz CT molecular complexity index is 853. The van der Waals surface area contributed by atoms with E-state index >= 15 is 0 Å². The summed E-state index contributed by atoms with van der Waals surface area (Å²) in [5.74, 6) is 0.182. The molecule has 2 aromatic rings. The monoisotopic (exact) mass is 381 g/mol. The molecule has 0 saturated carbocycles. The van der Waals surface area contributed by atoms with Crippen molar-refractivity contribution in [2.45, 2.75) is 32.7 Å². The summed E-state index contributed by atoms with van der Waals surface area (Å²) in [5.41, 5.74) is 3.27. The molecule has 1 fully saturated rings. The molecule has 136 valence electrons. The molecule has 1 amide bonds. The maximum absolute atomic E-state index is 12.4. The molecule has 6 nitrogen and oxygen atoms in total. The quantitative estimate of drug-likeness (QED) is 0.863. The molecule has 3 rings (SSSR count). The van der Waals surface area contributed by atoms with Crippen molar-refractivity contribution >= 4 is 37.5 Å². The minimum absolute atomic E-state index is 0.00941. The SMILES string of the molecule is CC(C)CS(=O)(=O)N1CCC(NC(=O)c2ccc3ncsc3c2)CC1. The number of fused-ring (bicyclic) bond motifs is 1. The Labute approximate surface area is 152 Å². The lowest BCUT2D eigenvalue weighted by atomic mass is 10.1. The first kappa shape index (κ1) is 18.3. The van der Waals surface area contributed by atoms with Crippen molar-refractivity contribution in [2.75, 3.05) is 18.8 Å². The van der Waals surface area contributed by atoms with Crippen LogP contribution in [0.5, 0.6) is 0 Å². The van der Waals surface area contributed by atoms with E-state index in [4.69, 9.17) is 0 Å². The third-order valence-corrected chi connectivity index (χ3v) is 7.35. The first-order chi connectivity index (χ1) is 11.8. The van der Waals surface area contributed by atoms with Gasteiger partial charge in [0.05, 0.1) is 21.5 Å². The van der Waals surface area contributed by atoms with Crippen molar-refractivity contribution in [3.05, 3.63) is 29.3 Å². The Balaban J connectivity index is 1.57. The van der Waals surface area contributed by atoms with Crippen LogP contribution in [0.4, 0.5) is 0 Å². The van der Waals surface area contributed by atoms with E-state index in [0.717, 1.165) is 10.2 Å². The average molecular weight is 382 g/mol. The molecule has 1 aromatic heterocycles. The topological polar surface area (TPSA) is 79.4 Å². The summed E-state index contributed by atoms with van der Waals surface area (Å²) < 4.78 is 27.1. The number of amides is 1. The number of carbonyl (C=O) groups excluding carboxylic acids is 1. The molecule has 0 unspecified atom stereocenters. The number of nitrogens with zero attached hydrogens (tertiary/aromatic N) is 2. The summed E-state index contributed by atoms with van der Waals surface area (Å²) in [6, 6.07) is 5.49.